The van der Waals surface area contributed by atoms with Gasteiger partial charge in [-0.15, -0.1) is 0 Å². The normalized spacial score (nSPS) is 13.1. The minimum atomic E-state index is -5.10. The Hall–Kier alpha value is -3.04. The van der Waals surface area contributed by atoms with E-state index < -0.39 is 46.9 Å². The quantitative estimate of drug-likeness (QED) is 0.724. The zero-order valence-corrected chi connectivity index (χ0v) is 15.0. The summed E-state index contributed by atoms with van der Waals surface area (Å²) in [5, 5.41) is 2.11. The number of benzene rings is 2. The Morgan fingerprint density at radius 3 is 1.83 bits per heavy atom. The predicted molar refractivity (Wildman–Crippen MR) is 91.8 cm³/mol. The highest BCUT2D eigenvalue weighted by Gasteiger charge is 2.37. The van der Waals surface area contributed by atoms with E-state index >= 15 is 0 Å². The molecule has 0 spiro atoms. The van der Waals surface area contributed by atoms with Gasteiger partial charge in [0, 0.05) is 12.0 Å². The van der Waals surface area contributed by atoms with Gasteiger partial charge in [0.05, 0.1) is 11.1 Å². The highest BCUT2D eigenvalue weighted by Crippen LogP contribution is 2.36. The molecule has 4 nitrogen and oxygen atoms in total. The Kier molecular flexibility index (Phi) is 6.24. The second-order valence-corrected chi connectivity index (χ2v) is 6.41. The van der Waals surface area contributed by atoms with Crippen molar-refractivity contribution in [3.63, 3.8) is 0 Å². The molecule has 0 aromatic heterocycles. The molecule has 0 bridgehead atoms. The number of amides is 2. The molecule has 0 saturated heterocycles. The molecule has 0 fully saturated rings. The summed E-state index contributed by atoms with van der Waals surface area (Å²) < 4.78 is 77.6. The van der Waals surface area contributed by atoms with Crippen molar-refractivity contribution in [1.82, 2.24) is 5.32 Å². The van der Waals surface area contributed by atoms with Crippen molar-refractivity contribution >= 4 is 11.8 Å². The van der Waals surface area contributed by atoms with Crippen molar-refractivity contribution in [2.75, 3.05) is 0 Å². The third-order valence-electron chi connectivity index (χ3n) is 4.06. The molecule has 0 saturated carbocycles. The molecule has 2 aromatic carbocycles. The van der Waals surface area contributed by atoms with E-state index in [1.54, 1.807) is 24.3 Å². The monoisotopic (exact) mass is 418 g/mol. The molecule has 2 aromatic rings. The van der Waals surface area contributed by atoms with E-state index in [0.717, 1.165) is 5.56 Å². The first-order valence-corrected chi connectivity index (χ1v) is 8.22. The average Bonchev–Trinajstić information content (AvgIpc) is 2.61. The third-order valence-corrected chi connectivity index (χ3v) is 4.06. The summed E-state index contributed by atoms with van der Waals surface area (Å²) in [6, 6.07) is 5.94. The third kappa shape index (κ3) is 5.97. The van der Waals surface area contributed by atoms with Gasteiger partial charge in [-0.25, -0.2) is 0 Å². The van der Waals surface area contributed by atoms with Crippen LogP contribution in [0.25, 0.3) is 0 Å². The van der Waals surface area contributed by atoms with Crippen LogP contribution in [0, 0.1) is 6.92 Å². The SMILES string of the molecule is Cc1ccc(C[C@@H](NC(=O)c2cc(C(F)(F)F)cc(C(F)(F)F)c2)C(N)=O)cc1. The molecular formula is C19H16F6N2O2. The first-order chi connectivity index (χ1) is 13.3. The number of hydrogen-bond donors (Lipinski definition) is 2. The van der Waals surface area contributed by atoms with Crippen molar-refractivity contribution in [2.24, 2.45) is 5.73 Å². The van der Waals surface area contributed by atoms with Gasteiger partial charge in [-0.05, 0) is 30.7 Å². The fourth-order valence-electron chi connectivity index (χ4n) is 2.51. The lowest BCUT2D eigenvalue weighted by Crippen LogP contribution is -2.46. The number of nitrogens with two attached hydrogens (primary N) is 1. The van der Waals surface area contributed by atoms with Gasteiger partial charge in [0.15, 0.2) is 0 Å². The van der Waals surface area contributed by atoms with E-state index in [9.17, 15) is 35.9 Å². The molecule has 10 heteroatoms. The van der Waals surface area contributed by atoms with Gasteiger partial charge < -0.3 is 11.1 Å². The second-order valence-electron chi connectivity index (χ2n) is 6.41. The topological polar surface area (TPSA) is 72.2 Å². The first-order valence-electron chi connectivity index (χ1n) is 8.22. The number of primary amides is 1. The molecule has 0 radical (unpaired) electrons. The van der Waals surface area contributed by atoms with Crippen LogP contribution in [0.15, 0.2) is 42.5 Å². The van der Waals surface area contributed by atoms with Crippen LogP contribution in [-0.2, 0) is 23.6 Å². The standard InChI is InChI=1S/C19H16F6N2O2/c1-10-2-4-11(5-3-10)6-15(16(26)28)27-17(29)12-7-13(18(20,21)22)9-14(8-12)19(23,24)25/h2-5,7-9,15H,6H2,1H3,(H2,26,28)(H,27,29)/t15-/m1/s1. The van der Waals surface area contributed by atoms with E-state index in [1.165, 1.54) is 0 Å². The molecule has 0 unspecified atom stereocenters. The lowest BCUT2D eigenvalue weighted by molar-refractivity contribution is -0.143. The van der Waals surface area contributed by atoms with Gasteiger partial charge in [-0.3, -0.25) is 9.59 Å². The highest BCUT2D eigenvalue weighted by atomic mass is 19.4. The minimum absolute atomic E-state index is 0.0769. The summed E-state index contributed by atoms with van der Waals surface area (Å²) in [6.07, 6.45) is -10.3. The van der Waals surface area contributed by atoms with Crippen molar-refractivity contribution in [1.29, 1.82) is 0 Å². The largest absolute Gasteiger partial charge is 0.416 e. The summed E-state index contributed by atoms with van der Waals surface area (Å²) in [5.41, 5.74) is 2.60. The van der Waals surface area contributed by atoms with E-state index in [4.69, 9.17) is 5.73 Å². The molecule has 3 N–H and O–H groups in total. The van der Waals surface area contributed by atoms with E-state index in [0.29, 0.717) is 5.56 Å². The molecule has 156 valence electrons. The molecule has 0 aliphatic heterocycles. The average molecular weight is 418 g/mol. The van der Waals surface area contributed by atoms with Crippen molar-refractivity contribution in [3.8, 4) is 0 Å². The van der Waals surface area contributed by atoms with E-state index in [1.807, 2.05) is 6.92 Å². The maximum absolute atomic E-state index is 12.9. The molecule has 29 heavy (non-hydrogen) atoms. The van der Waals surface area contributed by atoms with Crippen LogP contribution in [0.4, 0.5) is 26.3 Å². The number of halogens is 6. The van der Waals surface area contributed by atoms with Gasteiger partial charge in [0.25, 0.3) is 5.91 Å². The smallest absolute Gasteiger partial charge is 0.368 e. The van der Waals surface area contributed by atoms with Crippen LogP contribution in [0.1, 0.15) is 32.6 Å². The van der Waals surface area contributed by atoms with Crippen LogP contribution < -0.4 is 11.1 Å². The molecule has 0 aliphatic carbocycles. The van der Waals surface area contributed by atoms with Gasteiger partial charge in [-0.2, -0.15) is 26.3 Å². The van der Waals surface area contributed by atoms with Crippen molar-refractivity contribution < 1.29 is 35.9 Å². The van der Waals surface area contributed by atoms with Crippen LogP contribution in [-0.4, -0.2) is 17.9 Å². The molecule has 0 aliphatic rings. The molecule has 2 amide bonds. The number of hydrogen-bond acceptors (Lipinski definition) is 2. The maximum Gasteiger partial charge on any atom is 0.416 e. The lowest BCUT2D eigenvalue weighted by Gasteiger charge is -2.18. The number of alkyl halides is 6. The Morgan fingerprint density at radius 2 is 1.41 bits per heavy atom. The zero-order chi connectivity index (χ0) is 22.0. The summed E-state index contributed by atoms with van der Waals surface area (Å²) in [5.74, 6) is -2.26. The van der Waals surface area contributed by atoms with Gasteiger partial charge in [-0.1, -0.05) is 29.8 Å². The van der Waals surface area contributed by atoms with Crippen LogP contribution >= 0.6 is 0 Å². The maximum atomic E-state index is 12.9. The van der Waals surface area contributed by atoms with E-state index in [-0.39, 0.29) is 24.6 Å². The minimum Gasteiger partial charge on any atom is -0.368 e. The fraction of sp³-hybridized carbons (Fsp3) is 0.263. The van der Waals surface area contributed by atoms with Gasteiger partial charge in [0.2, 0.25) is 5.91 Å². The number of rotatable bonds is 5. The Morgan fingerprint density at radius 1 is 0.931 bits per heavy atom. The van der Waals surface area contributed by atoms with E-state index in [2.05, 4.69) is 5.32 Å². The number of aryl methyl sites for hydroxylation is 1. The number of nitrogens with one attached hydrogen (secondary N) is 1. The van der Waals surface area contributed by atoms with Crippen LogP contribution in [0.3, 0.4) is 0 Å². The Labute approximate surface area is 161 Å². The Bertz CT molecular complexity index is 872. The summed E-state index contributed by atoms with van der Waals surface area (Å²) in [7, 11) is 0. The van der Waals surface area contributed by atoms with Crippen molar-refractivity contribution in [3.05, 3.63) is 70.3 Å². The lowest BCUT2D eigenvalue weighted by atomic mass is 10.0. The number of carbonyl (C=O) groups is 2. The second kappa shape index (κ2) is 8.14. The summed E-state index contributed by atoms with van der Waals surface area (Å²) in [4.78, 5) is 23.9. The Balaban J connectivity index is 2.33. The molecule has 0 heterocycles. The summed E-state index contributed by atoms with van der Waals surface area (Å²) in [6.45, 7) is 1.82. The molecule has 2 rings (SSSR count). The van der Waals surface area contributed by atoms with Crippen molar-refractivity contribution in [2.45, 2.75) is 31.7 Å². The van der Waals surface area contributed by atoms with Gasteiger partial charge in [0.1, 0.15) is 6.04 Å². The molecule has 1 atom stereocenters. The van der Waals surface area contributed by atoms with Crippen LogP contribution in [0.5, 0.6) is 0 Å². The summed E-state index contributed by atoms with van der Waals surface area (Å²) >= 11 is 0. The predicted octanol–water partition coefficient (Wildman–Crippen LogP) is 3.86. The van der Waals surface area contributed by atoms with Gasteiger partial charge >= 0.3 is 12.4 Å². The molecular weight excluding hydrogens is 402 g/mol. The zero-order valence-electron chi connectivity index (χ0n) is 15.0. The van der Waals surface area contributed by atoms with Crippen LogP contribution in [0.2, 0.25) is 0 Å². The number of carbonyl (C=O) groups excluding carboxylic acids is 2. The highest BCUT2D eigenvalue weighted by molar-refractivity contribution is 5.97. The first kappa shape index (κ1) is 22.3. The fourth-order valence-corrected chi connectivity index (χ4v) is 2.51.